The molecular weight excluding hydrogens is 512 g/mol. The number of rotatable bonds is 30. The third-order valence-electron chi connectivity index (χ3n) is 7.71. The van der Waals surface area contributed by atoms with E-state index in [2.05, 4.69) is 13.8 Å². The topological polar surface area (TPSA) is 109 Å². The van der Waals surface area contributed by atoms with Gasteiger partial charge in [0, 0.05) is 11.5 Å². The van der Waals surface area contributed by atoms with Crippen LogP contribution in [-0.2, 0) is 19.2 Å². The number of ketones is 2. The second-order valence-corrected chi connectivity index (χ2v) is 15.3. The van der Waals surface area contributed by atoms with Gasteiger partial charge in [-0.1, -0.05) is 142 Å². The molecule has 0 radical (unpaired) electrons. The van der Waals surface area contributed by atoms with Crippen LogP contribution >= 0.6 is 10.0 Å². The number of hydrogen-bond acceptors (Lipinski definition) is 4. The van der Waals surface area contributed by atoms with Crippen LogP contribution in [0.25, 0.3) is 0 Å². The van der Waals surface area contributed by atoms with Gasteiger partial charge in [-0.05, 0) is 24.3 Å². The Kier molecular flexibility index (Phi) is 24.7. The van der Waals surface area contributed by atoms with Crippen LogP contribution in [0, 0.1) is 0 Å². The standard InChI is InChI=1S/C32H60O6S/c1-3-5-7-9-11-13-15-17-19-21-23-25-39(27-29(33)31(35)36,28-30(34)32(37)38)26-24-22-20-18-16-14-12-10-8-6-4-2/h3-28H2,1-2H3,(H,35,36)(H,37,38). The van der Waals surface area contributed by atoms with Crippen molar-refractivity contribution >= 4 is 33.5 Å². The average molecular weight is 573 g/mol. The van der Waals surface area contributed by atoms with Crippen molar-refractivity contribution in [2.24, 2.45) is 0 Å². The number of carbonyl (C=O) groups is 4. The first-order valence-corrected chi connectivity index (χ1v) is 18.3. The molecule has 0 saturated heterocycles. The summed E-state index contributed by atoms with van der Waals surface area (Å²) in [5.74, 6) is -3.84. The van der Waals surface area contributed by atoms with Crippen molar-refractivity contribution in [3.63, 3.8) is 0 Å². The molecule has 0 aliphatic heterocycles. The van der Waals surface area contributed by atoms with Gasteiger partial charge in [0.25, 0.3) is 0 Å². The first-order chi connectivity index (χ1) is 18.8. The molecule has 0 aliphatic rings. The molecule has 0 fully saturated rings. The van der Waals surface area contributed by atoms with Gasteiger partial charge in [-0.2, -0.15) is 0 Å². The van der Waals surface area contributed by atoms with Crippen molar-refractivity contribution in [2.75, 3.05) is 23.0 Å². The van der Waals surface area contributed by atoms with Crippen LogP contribution in [-0.4, -0.2) is 56.7 Å². The minimum atomic E-state index is -1.97. The summed E-state index contributed by atoms with van der Waals surface area (Å²) in [6.45, 7) is 4.45. The highest BCUT2D eigenvalue weighted by Crippen LogP contribution is 2.50. The van der Waals surface area contributed by atoms with Crippen LogP contribution in [0.3, 0.4) is 0 Å². The highest BCUT2D eigenvalue weighted by atomic mass is 32.3. The summed E-state index contributed by atoms with van der Waals surface area (Å²) < 4.78 is 0. The van der Waals surface area contributed by atoms with Crippen molar-refractivity contribution in [2.45, 2.75) is 155 Å². The Balaban J connectivity index is 4.70. The predicted octanol–water partition coefficient (Wildman–Crippen LogP) is 8.72. The molecule has 0 saturated carbocycles. The van der Waals surface area contributed by atoms with Crippen LogP contribution in [0.1, 0.15) is 155 Å². The number of carboxylic acids is 2. The van der Waals surface area contributed by atoms with Gasteiger partial charge in [0.05, 0.1) is 0 Å². The van der Waals surface area contributed by atoms with Crippen molar-refractivity contribution < 1.29 is 29.4 Å². The van der Waals surface area contributed by atoms with E-state index in [-0.39, 0.29) is 11.5 Å². The molecule has 0 aromatic carbocycles. The van der Waals surface area contributed by atoms with Crippen LogP contribution in [0.15, 0.2) is 0 Å². The quantitative estimate of drug-likeness (QED) is 0.0658. The lowest BCUT2D eigenvalue weighted by Gasteiger charge is -2.38. The van der Waals surface area contributed by atoms with E-state index < -0.39 is 33.5 Å². The van der Waals surface area contributed by atoms with Gasteiger partial charge in [-0.25, -0.2) is 19.6 Å². The summed E-state index contributed by atoms with van der Waals surface area (Å²) in [4.78, 5) is 47.3. The molecule has 0 atom stereocenters. The van der Waals surface area contributed by atoms with Gasteiger partial charge in [0.2, 0.25) is 11.6 Å². The van der Waals surface area contributed by atoms with E-state index in [1.807, 2.05) is 0 Å². The molecule has 0 bridgehead atoms. The Morgan fingerprint density at radius 2 is 0.641 bits per heavy atom. The molecule has 0 spiro atoms. The van der Waals surface area contributed by atoms with E-state index in [0.717, 1.165) is 51.4 Å². The van der Waals surface area contributed by atoms with E-state index in [1.165, 1.54) is 89.9 Å². The second kappa shape index (κ2) is 25.6. The third-order valence-corrected chi connectivity index (χ3v) is 11.8. The van der Waals surface area contributed by atoms with Gasteiger partial charge in [-0.3, -0.25) is 9.59 Å². The Bertz CT molecular complexity index is 607. The van der Waals surface area contributed by atoms with Crippen LogP contribution in [0.5, 0.6) is 0 Å². The second-order valence-electron chi connectivity index (χ2n) is 11.4. The molecule has 2 N–H and O–H groups in total. The first-order valence-electron chi connectivity index (χ1n) is 16.0. The van der Waals surface area contributed by atoms with Crippen LogP contribution in [0.2, 0.25) is 0 Å². The lowest BCUT2D eigenvalue weighted by Crippen LogP contribution is -2.32. The maximum Gasteiger partial charge on any atom is 0.372 e. The number of unbranched alkanes of at least 4 members (excludes halogenated alkanes) is 20. The number of carboxylic acid groups (broad SMARTS) is 2. The van der Waals surface area contributed by atoms with E-state index in [1.54, 1.807) is 0 Å². The van der Waals surface area contributed by atoms with Gasteiger partial charge in [0.1, 0.15) is 0 Å². The molecule has 7 heteroatoms. The Hall–Kier alpha value is -1.37. The molecule has 0 rings (SSSR count). The van der Waals surface area contributed by atoms with Crippen molar-refractivity contribution in [3.05, 3.63) is 0 Å². The third kappa shape index (κ3) is 22.1. The normalized spacial score (nSPS) is 11.9. The van der Waals surface area contributed by atoms with Crippen LogP contribution < -0.4 is 0 Å². The molecule has 0 aromatic rings. The highest BCUT2D eigenvalue weighted by Gasteiger charge is 2.33. The molecule has 230 valence electrons. The van der Waals surface area contributed by atoms with E-state index in [0.29, 0.717) is 11.5 Å². The molecule has 0 heterocycles. The first kappa shape index (κ1) is 37.6. The predicted molar refractivity (Wildman–Crippen MR) is 165 cm³/mol. The van der Waals surface area contributed by atoms with Crippen molar-refractivity contribution in [3.8, 4) is 0 Å². The largest absolute Gasteiger partial charge is 0.475 e. The fraction of sp³-hybridized carbons (Fsp3) is 0.875. The van der Waals surface area contributed by atoms with Crippen molar-refractivity contribution in [1.82, 2.24) is 0 Å². The number of hydrogen-bond donors (Lipinski definition) is 2. The zero-order chi connectivity index (χ0) is 29.2. The minimum Gasteiger partial charge on any atom is -0.475 e. The van der Waals surface area contributed by atoms with Gasteiger partial charge in [-0.15, -0.1) is 0 Å². The summed E-state index contributed by atoms with van der Waals surface area (Å²) >= 11 is 0. The summed E-state index contributed by atoms with van der Waals surface area (Å²) in [6, 6.07) is 0. The summed E-state index contributed by atoms with van der Waals surface area (Å²) in [6.07, 6.45) is 26.1. The molecular formula is C32H60O6S. The molecule has 0 amide bonds. The fourth-order valence-electron chi connectivity index (χ4n) is 5.27. The molecule has 0 unspecified atom stereocenters. The lowest BCUT2D eigenvalue weighted by atomic mass is 10.1. The van der Waals surface area contributed by atoms with E-state index in [9.17, 15) is 29.4 Å². The fourth-order valence-corrected chi connectivity index (χ4v) is 9.14. The SMILES string of the molecule is CCCCCCCCCCCCCS(CCCCCCCCCCCCC)(CC(=O)C(=O)O)CC(=O)C(=O)O. The van der Waals surface area contributed by atoms with E-state index >= 15 is 0 Å². The summed E-state index contributed by atoms with van der Waals surface area (Å²) in [5, 5.41) is 18.5. The molecule has 6 nitrogen and oxygen atoms in total. The minimum absolute atomic E-state index is 0.170. The zero-order valence-electron chi connectivity index (χ0n) is 25.3. The monoisotopic (exact) mass is 572 g/mol. The lowest BCUT2D eigenvalue weighted by molar-refractivity contribution is -0.148. The molecule has 0 aliphatic carbocycles. The van der Waals surface area contributed by atoms with Crippen LogP contribution in [0.4, 0.5) is 0 Å². The Morgan fingerprint density at radius 3 is 0.872 bits per heavy atom. The summed E-state index contributed by atoms with van der Waals surface area (Å²) in [7, 11) is -1.97. The number of aliphatic carboxylic acids is 2. The zero-order valence-corrected chi connectivity index (χ0v) is 26.1. The van der Waals surface area contributed by atoms with Gasteiger partial charge >= 0.3 is 11.9 Å². The molecule has 39 heavy (non-hydrogen) atoms. The highest BCUT2D eigenvalue weighted by molar-refractivity contribution is 8.34. The molecule has 0 aromatic heterocycles. The van der Waals surface area contributed by atoms with Crippen molar-refractivity contribution in [1.29, 1.82) is 0 Å². The van der Waals surface area contributed by atoms with Gasteiger partial charge in [0.15, 0.2) is 0 Å². The maximum absolute atomic E-state index is 12.3. The average Bonchev–Trinajstić information content (AvgIpc) is 2.90. The smallest absolute Gasteiger partial charge is 0.372 e. The Morgan fingerprint density at radius 1 is 0.410 bits per heavy atom. The number of Topliss-reactive ketones (excluding diaryl/α,β-unsaturated/α-hetero) is 2. The Labute approximate surface area is 240 Å². The number of carbonyl (C=O) groups excluding carboxylic acids is 2. The maximum atomic E-state index is 12.3. The van der Waals surface area contributed by atoms with E-state index in [4.69, 9.17) is 0 Å². The van der Waals surface area contributed by atoms with Gasteiger partial charge < -0.3 is 10.2 Å². The summed E-state index contributed by atoms with van der Waals surface area (Å²) in [5.41, 5.74) is 0.